The molecule has 0 bridgehead atoms. The molecule has 0 aliphatic heterocycles. The van der Waals surface area contributed by atoms with E-state index in [1.54, 1.807) is 6.07 Å². The maximum atomic E-state index is 10.7. The molecule has 5 nitrogen and oxygen atoms in total. The van der Waals surface area contributed by atoms with E-state index < -0.39 is 5.91 Å². The number of carbonyl (C=O) groups is 1. The van der Waals surface area contributed by atoms with Crippen LogP contribution in [0.2, 0.25) is 5.02 Å². The molecule has 0 radical (unpaired) electrons. The molecule has 0 aliphatic rings. The summed E-state index contributed by atoms with van der Waals surface area (Å²) in [4.78, 5) is 10.7. The van der Waals surface area contributed by atoms with Crippen molar-refractivity contribution < 1.29 is 32.0 Å². The second kappa shape index (κ2) is 8.02. The second-order valence-electron chi connectivity index (χ2n) is 3.48. The van der Waals surface area contributed by atoms with E-state index in [1.807, 2.05) is 18.4 Å². The van der Waals surface area contributed by atoms with Crippen LogP contribution in [0.5, 0.6) is 11.5 Å². The first kappa shape index (κ1) is 16.8. The van der Waals surface area contributed by atoms with Gasteiger partial charge in [0, 0.05) is 5.56 Å². The number of rotatable bonds is 6. The molecule has 1 aromatic rings. The van der Waals surface area contributed by atoms with Crippen molar-refractivity contribution in [1.82, 2.24) is 0 Å². The summed E-state index contributed by atoms with van der Waals surface area (Å²) in [6, 6.07) is 3.60. The van der Waals surface area contributed by atoms with Gasteiger partial charge in [0.15, 0.2) is 18.1 Å². The van der Waals surface area contributed by atoms with E-state index >= 15 is 0 Å². The van der Waals surface area contributed by atoms with E-state index in [9.17, 15) is 4.79 Å². The highest BCUT2D eigenvalue weighted by Gasteiger charge is 2.13. The lowest BCUT2D eigenvalue weighted by Crippen LogP contribution is -3.00. The summed E-state index contributed by atoms with van der Waals surface area (Å²) >= 11 is 6.06. The predicted octanol–water partition coefficient (Wildman–Crippen LogP) is -3.09. The summed E-state index contributed by atoms with van der Waals surface area (Å²) in [6.07, 6.45) is 0. The van der Waals surface area contributed by atoms with Gasteiger partial charge in [0.2, 0.25) is 0 Å². The first-order valence-corrected chi connectivity index (χ1v) is 5.51. The van der Waals surface area contributed by atoms with Crippen molar-refractivity contribution in [3.05, 3.63) is 22.7 Å². The highest BCUT2D eigenvalue weighted by atomic mass is 35.5. The summed E-state index contributed by atoms with van der Waals surface area (Å²) in [7, 11) is 3.47. The fourth-order valence-corrected chi connectivity index (χ4v) is 1.70. The first-order chi connectivity index (χ1) is 8.08. The molecule has 0 spiro atoms. The largest absolute Gasteiger partial charge is 1.00 e. The lowest BCUT2D eigenvalue weighted by atomic mass is 10.2. The highest BCUT2D eigenvalue weighted by Crippen LogP contribution is 2.36. The number of ether oxygens (including phenoxy) is 2. The number of nitrogens with two attached hydrogens (primary N) is 2. The lowest BCUT2D eigenvalue weighted by Gasteiger charge is -2.12. The molecule has 1 amide bonds. The molecule has 18 heavy (non-hydrogen) atoms. The molecule has 0 fully saturated rings. The number of hydrogen-bond donors (Lipinski definition) is 2. The third-order valence-corrected chi connectivity index (χ3v) is 2.37. The summed E-state index contributed by atoms with van der Waals surface area (Å²) in [5, 5.41) is 2.41. The van der Waals surface area contributed by atoms with Crippen molar-refractivity contribution in [2.75, 3.05) is 20.8 Å². The molecular weight excluding hydrogens is 279 g/mol. The molecule has 0 atom stereocenters. The smallest absolute Gasteiger partial charge is 0.255 e. The molecular formula is C11H16Cl2N2O3. The fraction of sp³-hybridized carbons (Fsp3) is 0.364. The van der Waals surface area contributed by atoms with Gasteiger partial charge in [-0.25, -0.2) is 0 Å². The van der Waals surface area contributed by atoms with Gasteiger partial charge in [0.05, 0.1) is 19.2 Å². The minimum atomic E-state index is -0.561. The van der Waals surface area contributed by atoms with Gasteiger partial charge in [-0.05, 0) is 12.1 Å². The number of quaternary nitrogens is 1. The van der Waals surface area contributed by atoms with Gasteiger partial charge in [-0.3, -0.25) is 4.79 Å². The van der Waals surface area contributed by atoms with Crippen LogP contribution in [0.3, 0.4) is 0 Å². The van der Waals surface area contributed by atoms with Crippen molar-refractivity contribution in [1.29, 1.82) is 0 Å². The Balaban J connectivity index is 0.00000289. The van der Waals surface area contributed by atoms with E-state index in [0.717, 1.165) is 12.1 Å². The Bertz CT molecular complexity index is 414. The Morgan fingerprint density at radius 3 is 2.67 bits per heavy atom. The number of methoxy groups -OCH3 is 1. The van der Waals surface area contributed by atoms with Crippen molar-refractivity contribution in [2.24, 2.45) is 5.73 Å². The van der Waals surface area contributed by atoms with Crippen LogP contribution in [-0.2, 0) is 11.3 Å². The van der Waals surface area contributed by atoms with Gasteiger partial charge in [-0.15, -0.1) is 0 Å². The van der Waals surface area contributed by atoms with Crippen molar-refractivity contribution in [3.63, 3.8) is 0 Å². The minimum absolute atomic E-state index is 0. The molecule has 1 aromatic carbocycles. The standard InChI is InChI=1S/C11H15ClN2O3.ClH/c1-14-5-7-3-8(12)11(9(4-7)16-2)17-6-10(13)15;/h3-4,14H,5-6H2,1-2H3,(H2,13,15);1H. The normalized spacial score (nSPS) is 9.50. The Hall–Kier alpha value is -1.17. The zero-order chi connectivity index (χ0) is 12.8. The van der Waals surface area contributed by atoms with Crippen LogP contribution in [0, 0.1) is 0 Å². The number of halogens is 2. The number of amides is 1. The van der Waals surface area contributed by atoms with E-state index in [-0.39, 0.29) is 19.0 Å². The average molecular weight is 295 g/mol. The van der Waals surface area contributed by atoms with Gasteiger partial charge < -0.3 is 32.9 Å². The van der Waals surface area contributed by atoms with Crippen LogP contribution in [-0.4, -0.2) is 26.7 Å². The van der Waals surface area contributed by atoms with Crippen molar-refractivity contribution in [2.45, 2.75) is 6.54 Å². The number of benzene rings is 1. The Morgan fingerprint density at radius 2 is 2.17 bits per heavy atom. The SMILES string of the molecule is C[NH2+]Cc1cc(Cl)c(OCC(N)=O)c(OC)c1.[Cl-]. The topological polar surface area (TPSA) is 78.2 Å². The quantitative estimate of drug-likeness (QED) is 0.584. The highest BCUT2D eigenvalue weighted by molar-refractivity contribution is 6.32. The lowest BCUT2D eigenvalue weighted by molar-refractivity contribution is -0.643. The molecule has 102 valence electrons. The summed E-state index contributed by atoms with van der Waals surface area (Å²) in [5.74, 6) is 0.275. The Labute approximate surface area is 117 Å². The van der Waals surface area contributed by atoms with Crippen molar-refractivity contribution in [3.8, 4) is 11.5 Å². The third-order valence-electron chi connectivity index (χ3n) is 2.09. The van der Waals surface area contributed by atoms with E-state index in [4.69, 9.17) is 26.8 Å². The maximum absolute atomic E-state index is 10.7. The first-order valence-electron chi connectivity index (χ1n) is 5.13. The van der Waals surface area contributed by atoms with Crippen LogP contribution in [0.1, 0.15) is 5.56 Å². The van der Waals surface area contributed by atoms with Gasteiger partial charge in [0.25, 0.3) is 5.91 Å². The molecule has 7 heteroatoms. The summed E-state index contributed by atoms with van der Waals surface area (Å²) in [6.45, 7) is 0.557. The Kier molecular flexibility index (Phi) is 7.50. The maximum Gasteiger partial charge on any atom is 0.255 e. The molecule has 0 saturated heterocycles. The second-order valence-corrected chi connectivity index (χ2v) is 3.88. The predicted molar refractivity (Wildman–Crippen MR) is 64.2 cm³/mol. The fourth-order valence-electron chi connectivity index (χ4n) is 1.41. The third kappa shape index (κ3) is 4.60. The average Bonchev–Trinajstić information content (AvgIpc) is 2.27. The van der Waals surface area contributed by atoms with Gasteiger partial charge >= 0.3 is 0 Å². The summed E-state index contributed by atoms with van der Waals surface area (Å²) in [5.41, 5.74) is 6.02. The molecule has 0 saturated carbocycles. The summed E-state index contributed by atoms with van der Waals surface area (Å²) < 4.78 is 10.4. The van der Waals surface area contributed by atoms with Gasteiger partial charge in [-0.1, -0.05) is 11.6 Å². The molecule has 0 heterocycles. The zero-order valence-electron chi connectivity index (χ0n) is 10.2. The van der Waals surface area contributed by atoms with Crippen LogP contribution in [0.4, 0.5) is 0 Å². The number of hydrogen-bond acceptors (Lipinski definition) is 3. The Morgan fingerprint density at radius 1 is 1.50 bits per heavy atom. The van der Waals surface area contributed by atoms with E-state index in [0.29, 0.717) is 16.5 Å². The molecule has 0 unspecified atom stereocenters. The van der Waals surface area contributed by atoms with Crippen LogP contribution >= 0.6 is 11.6 Å². The molecule has 1 rings (SSSR count). The molecule has 4 N–H and O–H groups in total. The van der Waals surface area contributed by atoms with Gasteiger partial charge in [0.1, 0.15) is 6.54 Å². The van der Waals surface area contributed by atoms with E-state index in [1.165, 1.54) is 7.11 Å². The van der Waals surface area contributed by atoms with Crippen LogP contribution in [0.15, 0.2) is 12.1 Å². The van der Waals surface area contributed by atoms with E-state index in [2.05, 4.69) is 0 Å². The molecule has 0 aliphatic carbocycles. The van der Waals surface area contributed by atoms with Crippen LogP contribution < -0.4 is 32.9 Å². The number of primary amides is 1. The number of carbonyl (C=O) groups excluding carboxylic acids is 1. The molecule has 0 aromatic heterocycles. The zero-order valence-corrected chi connectivity index (χ0v) is 11.7. The van der Waals surface area contributed by atoms with Crippen molar-refractivity contribution >= 4 is 17.5 Å². The minimum Gasteiger partial charge on any atom is -1.00 e. The monoisotopic (exact) mass is 294 g/mol. The van der Waals surface area contributed by atoms with Gasteiger partial charge in [-0.2, -0.15) is 0 Å². The van der Waals surface area contributed by atoms with Crippen LogP contribution in [0.25, 0.3) is 0 Å².